The third kappa shape index (κ3) is 6.54. The van der Waals surface area contributed by atoms with E-state index in [1.165, 1.54) is 63.0 Å². The van der Waals surface area contributed by atoms with Crippen molar-refractivity contribution in [3.63, 3.8) is 0 Å². The molecule has 1 N–H and O–H groups in total. The zero-order chi connectivity index (χ0) is 27.3. The van der Waals surface area contributed by atoms with Crippen LogP contribution in [0.1, 0.15) is 114 Å². The van der Waals surface area contributed by atoms with E-state index in [1.807, 2.05) is 6.07 Å². The first-order valence-electron chi connectivity index (χ1n) is 14.9. The lowest BCUT2D eigenvalue weighted by atomic mass is 9.52. The van der Waals surface area contributed by atoms with Gasteiger partial charge in [-0.1, -0.05) is 73.9 Å². The van der Waals surface area contributed by atoms with Crippen LogP contribution in [0, 0.1) is 23.2 Å². The molecule has 1 aromatic carbocycles. The molecule has 0 aromatic heterocycles. The molecule has 1 aromatic rings. The number of ether oxygens (including phenoxy) is 1. The highest BCUT2D eigenvalue weighted by molar-refractivity contribution is 9.10. The minimum Gasteiger partial charge on any atom is -0.427 e. The van der Waals surface area contributed by atoms with E-state index < -0.39 is 0 Å². The Hall–Kier alpha value is -1.69. The van der Waals surface area contributed by atoms with Gasteiger partial charge in [0.2, 0.25) is 5.91 Å². The molecule has 0 radical (unpaired) electrons. The van der Waals surface area contributed by atoms with E-state index in [-0.39, 0.29) is 22.1 Å². The lowest BCUT2D eigenvalue weighted by Crippen LogP contribution is -2.46. The molecule has 210 valence electrons. The van der Waals surface area contributed by atoms with Gasteiger partial charge in [0.25, 0.3) is 0 Å². The van der Waals surface area contributed by atoms with Gasteiger partial charge in [-0.3, -0.25) is 14.4 Å². The van der Waals surface area contributed by atoms with E-state index in [0.717, 1.165) is 38.5 Å². The summed E-state index contributed by atoms with van der Waals surface area (Å²) in [7, 11) is 1.70. The van der Waals surface area contributed by atoms with Gasteiger partial charge in [-0.15, -0.1) is 0 Å². The number of carbonyl (C=O) groups is 3. The van der Waals surface area contributed by atoms with Crippen LogP contribution >= 0.6 is 15.9 Å². The Morgan fingerprint density at radius 3 is 2.45 bits per heavy atom. The molecule has 38 heavy (non-hydrogen) atoms. The Morgan fingerprint density at radius 1 is 1.08 bits per heavy atom. The number of esters is 1. The quantitative estimate of drug-likeness (QED) is 0.121. The summed E-state index contributed by atoms with van der Waals surface area (Å²) in [5.74, 6) is 3.00. The van der Waals surface area contributed by atoms with Crippen LogP contribution in [0.5, 0.6) is 5.75 Å². The number of hydrogen-bond acceptors (Lipinski definition) is 4. The number of fused-ring (bicyclic) bond motifs is 5. The van der Waals surface area contributed by atoms with E-state index >= 15 is 0 Å². The fourth-order valence-corrected chi connectivity index (χ4v) is 8.84. The topological polar surface area (TPSA) is 72.5 Å². The summed E-state index contributed by atoms with van der Waals surface area (Å²) in [6, 6.07) is 6.25. The molecule has 6 heteroatoms. The largest absolute Gasteiger partial charge is 0.427 e. The van der Waals surface area contributed by atoms with E-state index in [9.17, 15) is 14.4 Å². The molecule has 5 nitrogen and oxygen atoms in total. The van der Waals surface area contributed by atoms with Crippen LogP contribution in [-0.4, -0.2) is 29.5 Å². The van der Waals surface area contributed by atoms with Gasteiger partial charge in [0.15, 0.2) is 5.78 Å². The number of alkyl halides is 1. The summed E-state index contributed by atoms with van der Waals surface area (Å²) < 4.78 is 5.43. The van der Waals surface area contributed by atoms with Crippen molar-refractivity contribution in [3.8, 4) is 5.75 Å². The van der Waals surface area contributed by atoms with E-state index in [0.29, 0.717) is 41.6 Å². The number of Topliss-reactive ketones (excluding diaryl/α,β-unsaturated/α-hetero) is 1. The molecule has 2 fully saturated rings. The van der Waals surface area contributed by atoms with Gasteiger partial charge in [-0.2, -0.15) is 0 Å². The number of carbonyl (C=O) groups excluding carboxylic acids is 3. The molecule has 3 unspecified atom stereocenters. The summed E-state index contributed by atoms with van der Waals surface area (Å²) in [4.78, 5) is 36.1. The smallest absolute Gasteiger partial charge is 0.308 e. The monoisotopic (exact) mass is 587 g/mol. The zero-order valence-corrected chi connectivity index (χ0v) is 25.1. The number of rotatable bonds is 12. The minimum atomic E-state index is -0.275. The van der Waals surface area contributed by atoms with Gasteiger partial charge >= 0.3 is 5.97 Å². The standard InChI is InChI=1S/C32H46BrNO4/c1-21(35)38-24-14-15-25-23(19-24)18-22(12-10-8-6-4-5-7-9-11-13-29(36)34-3)30-26(25)16-17-32(2)27(30)20-28(33)31(32)37/h14-15,19,22,26-28,30H,4-13,16-18,20H2,1-3H3,(H,34,36)/t22-,26?,27?,28-,30?,32+/m1/s1. The van der Waals surface area contributed by atoms with Gasteiger partial charge in [0, 0.05) is 25.8 Å². The lowest BCUT2D eigenvalue weighted by Gasteiger charge is -2.51. The van der Waals surface area contributed by atoms with E-state index in [1.54, 1.807) is 7.05 Å². The Bertz CT molecular complexity index is 1010. The highest BCUT2D eigenvalue weighted by Gasteiger charge is 2.59. The minimum absolute atomic E-state index is 0.000922. The van der Waals surface area contributed by atoms with Crippen molar-refractivity contribution in [1.29, 1.82) is 0 Å². The van der Waals surface area contributed by atoms with Crippen molar-refractivity contribution < 1.29 is 19.1 Å². The molecular weight excluding hydrogens is 542 g/mol. The van der Waals surface area contributed by atoms with Crippen LogP contribution in [-0.2, 0) is 20.8 Å². The van der Waals surface area contributed by atoms with Crippen molar-refractivity contribution in [1.82, 2.24) is 5.32 Å². The number of halogens is 1. The van der Waals surface area contributed by atoms with Crippen molar-refractivity contribution in [3.05, 3.63) is 29.3 Å². The molecule has 0 aliphatic heterocycles. The SMILES string of the molecule is CNC(=O)CCCCCCCCCC[C@@H]1Cc2cc(OC(C)=O)ccc2C2CC[C@]3(C)C(=O)[C@H](Br)CC3C21. The van der Waals surface area contributed by atoms with Gasteiger partial charge in [-0.25, -0.2) is 0 Å². The second-order valence-corrected chi connectivity index (χ2v) is 13.4. The fraction of sp³-hybridized carbons (Fsp3) is 0.719. The van der Waals surface area contributed by atoms with Crippen molar-refractivity contribution in [2.45, 2.75) is 114 Å². The predicted octanol–water partition coefficient (Wildman–Crippen LogP) is 7.28. The number of benzene rings is 1. The third-order valence-corrected chi connectivity index (χ3v) is 10.6. The molecule has 0 saturated heterocycles. The van der Waals surface area contributed by atoms with Crippen molar-refractivity contribution in [2.24, 2.45) is 23.2 Å². The van der Waals surface area contributed by atoms with Crippen LogP contribution < -0.4 is 10.1 Å². The number of amides is 1. The number of hydrogen-bond donors (Lipinski definition) is 1. The lowest BCUT2D eigenvalue weighted by molar-refractivity contribution is -0.132. The van der Waals surface area contributed by atoms with Crippen LogP contribution in [0.15, 0.2) is 18.2 Å². The summed E-state index contributed by atoms with van der Waals surface area (Å²) in [5, 5.41) is 2.69. The number of ketones is 1. The molecule has 0 heterocycles. The molecule has 3 aliphatic carbocycles. The molecule has 0 spiro atoms. The Morgan fingerprint density at radius 2 is 1.76 bits per heavy atom. The Kier molecular flexibility index (Phi) is 10.1. The summed E-state index contributed by atoms with van der Waals surface area (Å²) in [6.07, 6.45) is 15.5. The first kappa shape index (κ1) is 29.3. The normalized spacial score (nSPS) is 29.8. The summed E-state index contributed by atoms with van der Waals surface area (Å²) in [6.45, 7) is 3.70. The van der Waals surface area contributed by atoms with E-state index in [4.69, 9.17) is 4.74 Å². The molecule has 2 saturated carbocycles. The van der Waals surface area contributed by atoms with Crippen molar-refractivity contribution >= 4 is 33.6 Å². The number of nitrogens with one attached hydrogen (secondary N) is 1. The van der Waals surface area contributed by atoms with E-state index in [2.05, 4.69) is 40.3 Å². The third-order valence-electron chi connectivity index (χ3n) is 9.84. The first-order chi connectivity index (χ1) is 18.2. The Balaban J connectivity index is 1.36. The first-order valence-corrected chi connectivity index (χ1v) is 15.9. The van der Waals surface area contributed by atoms with Gasteiger partial charge in [-0.05, 0) is 85.5 Å². The average Bonchev–Trinajstić information content (AvgIpc) is 3.12. The maximum absolute atomic E-state index is 13.2. The molecule has 0 bridgehead atoms. The highest BCUT2D eigenvalue weighted by atomic mass is 79.9. The molecule has 3 aliphatic rings. The average molecular weight is 589 g/mol. The molecule has 6 atom stereocenters. The highest BCUT2D eigenvalue weighted by Crippen LogP contribution is 2.62. The second kappa shape index (κ2) is 13.1. The van der Waals surface area contributed by atoms with Crippen molar-refractivity contribution in [2.75, 3.05) is 7.05 Å². The van der Waals surface area contributed by atoms with Crippen LogP contribution in [0.3, 0.4) is 0 Å². The summed E-state index contributed by atoms with van der Waals surface area (Å²) in [5.41, 5.74) is 2.57. The maximum atomic E-state index is 13.2. The zero-order valence-electron chi connectivity index (χ0n) is 23.5. The molecular formula is C32H46BrNO4. The summed E-state index contributed by atoms with van der Waals surface area (Å²) >= 11 is 3.73. The molecule has 1 amide bonds. The van der Waals surface area contributed by atoms with Crippen LogP contribution in [0.2, 0.25) is 0 Å². The predicted molar refractivity (Wildman–Crippen MR) is 155 cm³/mol. The van der Waals surface area contributed by atoms with Gasteiger partial charge in [0.05, 0.1) is 4.83 Å². The van der Waals surface area contributed by atoms with Crippen LogP contribution in [0.4, 0.5) is 0 Å². The van der Waals surface area contributed by atoms with Gasteiger partial charge < -0.3 is 10.1 Å². The fourth-order valence-electron chi connectivity index (χ4n) is 7.91. The number of unbranched alkanes of at least 4 members (excludes halogenated alkanes) is 7. The maximum Gasteiger partial charge on any atom is 0.308 e. The van der Waals surface area contributed by atoms with Gasteiger partial charge in [0.1, 0.15) is 5.75 Å². The molecule has 4 rings (SSSR count). The Labute approximate surface area is 237 Å². The van der Waals surface area contributed by atoms with Crippen LogP contribution in [0.25, 0.3) is 0 Å². The second-order valence-electron chi connectivity index (χ2n) is 12.3.